The number of carbonyl (C=O) groups excluding carboxylic acids is 2. The first kappa shape index (κ1) is 20.2. The third-order valence-corrected chi connectivity index (χ3v) is 5.36. The van der Waals surface area contributed by atoms with Gasteiger partial charge in [-0.25, -0.2) is 9.59 Å². The number of para-hydroxylation sites is 1. The van der Waals surface area contributed by atoms with Gasteiger partial charge in [0, 0.05) is 11.3 Å². The van der Waals surface area contributed by atoms with Gasteiger partial charge in [-0.05, 0) is 38.2 Å². The van der Waals surface area contributed by atoms with Gasteiger partial charge < -0.3 is 20.1 Å². The maximum atomic E-state index is 13.0. The van der Waals surface area contributed by atoms with Crippen LogP contribution in [0.15, 0.2) is 35.5 Å². The zero-order valence-corrected chi connectivity index (χ0v) is 16.8. The van der Waals surface area contributed by atoms with Crippen LogP contribution in [0.25, 0.3) is 0 Å². The summed E-state index contributed by atoms with van der Waals surface area (Å²) in [6, 6.07) is 6.57. The molecule has 1 atom stereocenters. The molecule has 3 rings (SSSR count). The molecule has 1 saturated carbocycles. The predicted molar refractivity (Wildman–Crippen MR) is 107 cm³/mol. The van der Waals surface area contributed by atoms with Gasteiger partial charge in [-0.2, -0.15) is 0 Å². The number of urea groups is 1. The van der Waals surface area contributed by atoms with Crippen molar-refractivity contribution in [1.82, 2.24) is 10.6 Å². The average molecular weight is 386 g/mol. The molecule has 0 radical (unpaired) electrons. The molecule has 2 N–H and O–H groups in total. The Morgan fingerprint density at radius 2 is 1.93 bits per heavy atom. The summed E-state index contributed by atoms with van der Waals surface area (Å²) in [5.74, 6) is 0.719. The van der Waals surface area contributed by atoms with Crippen molar-refractivity contribution in [2.45, 2.75) is 58.4 Å². The van der Waals surface area contributed by atoms with E-state index in [4.69, 9.17) is 9.47 Å². The van der Waals surface area contributed by atoms with E-state index in [1.807, 2.05) is 31.2 Å². The van der Waals surface area contributed by atoms with E-state index in [1.54, 1.807) is 6.92 Å². The second-order valence-corrected chi connectivity index (χ2v) is 7.56. The highest BCUT2D eigenvalue weighted by atomic mass is 16.5. The highest BCUT2D eigenvalue weighted by Crippen LogP contribution is 2.34. The summed E-state index contributed by atoms with van der Waals surface area (Å²) in [5, 5.41) is 5.56. The molecular weight excluding hydrogens is 356 g/mol. The van der Waals surface area contributed by atoms with Crippen molar-refractivity contribution in [1.29, 1.82) is 0 Å². The Kier molecular flexibility index (Phi) is 6.95. The molecule has 1 aliphatic carbocycles. The molecule has 0 aromatic heterocycles. The fraction of sp³-hybridized carbons (Fsp3) is 0.545. The minimum absolute atomic E-state index is 0.336. The highest BCUT2D eigenvalue weighted by molar-refractivity contribution is 5.95. The number of rotatable bonds is 7. The van der Waals surface area contributed by atoms with Gasteiger partial charge in [0.1, 0.15) is 5.75 Å². The molecule has 152 valence electrons. The summed E-state index contributed by atoms with van der Waals surface area (Å²) in [6.07, 6.45) is 6.76. The number of allylic oxidation sites excluding steroid dienone is 1. The van der Waals surface area contributed by atoms with Crippen molar-refractivity contribution in [2.75, 3.05) is 13.2 Å². The molecular formula is C22H30N2O4. The van der Waals surface area contributed by atoms with Crippen LogP contribution < -0.4 is 15.4 Å². The van der Waals surface area contributed by atoms with E-state index in [-0.39, 0.29) is 12.0 Å². The molecule has 0 spiro atoms. The van der Waals surface area contributed by atoms with Crippen LogP contribution in [0.2, 0.25) is 0 Å². The summed E-state index contributed by atoms with van der Waals surface area (Å²) in [7, 11) is 0. The van der Waals surface area contributed by atoms with Crippen LogP contribution >= 0.6 is 0 Å². The minimum atomic E-state index is -0.597. The molecule has 1 aliphatic heterocycles. The third-order valence-electron chi connectivity index (χ3n) is 5.36. The van der Waals surface area contributed by atoms with Crippen LogP contribution in [0.3, 0.4) is 0 Å². The van der Waals surface area contributed by atoms with Crippen LogP contribution in [-0.2, 0) is 9.53 Å². The molecule has 1 heterocycles. The zero-order chi connectivity index (χ0) is 19.9. The number of carbonyl (C=O) groups is 2. The lowest BCUT2D eigenvalue weighted by Gasteiger charge is -2.30. The molecule has 1 fully saturated rings. The van der Waals surface area contributed by atoms with Gasteiger partial charge in [0.2, 0.25) is 0 Å². The lowest BCUT2D eigenvalue weighted by Crippen LogP contribution is -2.45. The van der Waals surface area contributed by atoms with Crippen molar-refractivity contribution in [3.05, 3.63) is 41.1 Å². The Balaban J connectivity index is 1.81. The number of hydrogen-bond acceptors (Lipinski definition) is 4. The molecule has 6 heteroatoms. The highest BCUT2D eigenvalue weighted by Gasteiger charge is 2.34. The van der Waals surface area contributed by atoms with Crippen molar-refractivity contribution in [3.63, 3.8) is 0 Å². The van der Waals surface area contributed by atoms with Crippen LogP contribution in [0.4, 0.5) is 4.79 Å². The van der Waals surface area contributed by atoms with Crippen LogP contribution in [0, 0.1) is 5.92 Å². The molecule has 6 nitrogen and oxygen atoms in total. The summed E-state index contributed by atoms with van der Waals surface area (Å²) in [5.41, 5.74) is 1.71. The summed E-state index contributed by atoms with van der Waals surface area (Å²) < 4.78 is 11.5. The second-order valence-electron chi connectivity index (χ2n) is 7.56. The molecule has 0 saturated heterocycles. The van der Waals surface area contributed by atoms with Crippen LogP contribution in [0.5, 0.6) is 5.75 Å². The number of nitrogens with one attached hydrogen (secondary N) is 2. The maximum absolute atomic E-state index is 13.0. The fourth-order valence-corrected chi connectivity index (χ4v) is 3.89. The number of benzene rings is 1. The normalized spacial score (nSPS) is 20.4. The summed E-state index contributed by atoms with van der Waals surface area (Å²) in [4.78, 5) is 25.1. The van der Waals surface area contributed by atoms with Gasteiger partial charge in [0.25, 0.3) is 0 Å². The third kappa shape index (κ3) is 4.86. The quantitative estimate of drug-likeness (QED) is 0.688. The Bertz CT molecular complexity index is 738. The van der Waals surface area contributed by atoms with Gasteiger partial charge in [0.15, 0.2) is 0 Å². The first-order valence-corrected chi connectivity index (χ1v) is 10.3. The smallest absolute Gasteiger partial charge is 0.338 e. The van der Waals surface area contributed by atoms with Crippen LogP contribution in [-0.4, -0.2) is 25.2 Å². The Morgan fingerprint density at radius 1 is 1.18 bits per heavy atom. The number of ether oxygens (including phenoxy) is 2. The van der Waals surface area contributed by atoms with Gasteiger partial charge in [-0.15, -0.1) is 0 Å². The average Bonchev–Trinajstić information content (AvgIpc) is 2.71. The van der Waals surface area contributed by atoms with Crippen molar-refractivity contribution >= 4 is 12.0 Å². The minimum Gasteiger partial charge on any atom is -0.493 e. The second kappa shape index (κ2) is 9.62. The Morgan fingerprint density at radius 3 is 2.68 bits per heavy atom. The Labute approximate surface area is 166 Å². The van der Waals surface area contributed by atoms with Gasteiger partial charge in [-0.3, -0.25) is 0 Å². The van der Waals surface area contributed by atoms with E-state index in [0.717, 1.165) is 24.8 Å². The standard InChI is InChI=1S/C22H30N2O4/c1-3-13-27-18-12-8-7-11-17(18)20-19(15(2)23-22(26)24-20)21(25)28-14-16-9-5-4-6-10-16/h7-8,11-12,16,20H,3-6,9-10,13-14H2,1-2H3,(H2,23,24,26). The van der Waals surface area contributed by atoms with Gasteiger partial charge in [-0.1, -0.05) is 44.4 Å². The van der Waals surface area contributed by atoms with Crippen LogP contribution in [0.1, 0.15) is 64.0 Å². The van der Waals surface area contributed by atoms with Crippen molar-refractivity contribution in [2.24, 2.45) is 5.92 Å². The van der Waals surface area contributed by atoms with E-state index in [1.165, 1.54) is 19.3 Å². The molecule has 28 heavy (non-hydrogen) atoms. The number of amides is 2. The van der Waals surface area contributed by atoms with Crippen molar-refractivity contribution < 1.29 is 19.1 Å². The number of hydrogen-bond donors (Lipinski definition) is 2. The van der Waals surface area contributed by atoms with E-state index < -0.39 is 6.04 Å². The SMILES string of the molecule is CCCOc1ccccc1C1NC(=O)NC(C)=C1C(=O)OCC1CCCCC1. The lowest BCUT2D eigenvalue weighted by atomic mass is 9.90. The lowest BCUT2D eigenvalue weighted by molar-refractivity contribution is -0.141. The predicted octanol–water partition coefficient (Wildman–Crippen LogP) is 4.23. The van der Waals surface area contributed by atoms with E-state index in [9.17, 15) is 9.59 Å². The van der Waals surface area contributed by atoms with Gasteiger partial charge >= 0.3 is 12.0 Å². The summed E-state index contributed by atoms with van der Waals surface area (Å²) in [6.45, 7) is 4.77. The molecule has 2 aliphatic rings. The van der Waals surface area contributed by atoms with E-state index in [0.29, 0.717) is 36.2 Å². The first-order valence-electron chi connectivity index (χ1n) is 10.3. The molecule has 2 amide bonds. The first-order chi connectivity index (χ1) is 13.6. The summed E-state index contributed by atoms with van der Waals surface area (Å²) >= 11 is 0. The van der Waals surface area contributed by atoms with Crippen molar-refractivity contribution in [3.8, 4) is 5.75 Å². The molecule has 1 aromatic rings. The zero-order valence-electron chi connectivity index (χ0n) is 16.8. The molecule has 1 aromatic carbocycles. The topological polar surface area (TPSA) is 76.7 Å². The maximum Gasteiger partial charge on any atom is 0.338 e. The number of esters is 1. The van der Waals surface area contributed by atoms with E-state index in [2.05, 4.69) is 10.6 Å². The van der Waals surface area contributed by atoms with E-state index >= 15 is 0 Å². The van der Waals surface area contributed by atoms with Gasteiger partial charge in [0.05, 0.1) is 24.8 Å². The monoisotopic (exact) mass is 386 g/mol. The fourth-order valence-electron chi connectivity index (χ4n) is 3.89. The molecule has 0 bridgehead atoms. The Hall–Kier alpha value is -2.50. The molecule has 1 unspecified atom stereocenters. The largest absolute Gasteiger partial charge is 0.493 e.